The molecule has 0 saturated heterocycles. The molecule has 3 nitrogen and oxygen atoms in total. The summed E-state index contributed by atoms with van der Waals surface area (Å²) < 4.78 is 7.60. The van der Waals surface area contributed by atoms with Crippen molar-refractivity contribution in [3.05, 3.63) is 152 Å². The van der Waals surface area contributed by atoms with Gasteiger partial charge >= 0.3 is 0 Å². The van der Waals surface area contributed by atoms with Crippen LogP contribution in [-0.2, 0) is 0 Å². The summed E-state index contributed by atoms with van der Waals surface area (Å²) in [6.07, 6.45) is 0. The van der Waals surface area contributed by atoms with Crippen LogP contribution in [0, 0.1) is 0 Å². The van der Waals surface area contributed by atoms with Gasteiger partial charge in [-0.2, -0.15) is 0 Å². The lowest BCUT2D eigenvalue weighted by Crippen LogP contribution is -2.63. The zero-order valence-electron chi connectivity index (χ0n) is 30.7. The minimum atomic E-state index is -1.68. The van der Waals surface area contributed by atoms with Crippen molar-refractivity contribution in [1.29, 1.82) is 0 Å². The zero-order valence-corrected chi connectivity index (χ0v) is 32.7. The highest BCUT2D eigenvalue weighted by atomic mass is 28.3. The Bertz CT molecular complexity index is 3030. The van der Waals surface area contributed by atoms with E-state index in [2.05, 4.69) is 192 Å². The van der Waals surface area contributed by atoms with Crippen molar-refractivity contribution in [3.8, 4) is 17.1 Å². The number of benzene rings is 7. The molecule has 0 N–H and O–H groups in total. The minimum absolute atomic E-state index is 1.19. The quantitative estimate of drug-likeness (QED) is 0.162. The van der Waals surface area contributed by atoms with E-state index < -0.39 is 16.1 Å². The first kappa shape index (κ1) is 30.9. The Morgan fingerprint density at radius 1 is 0.340 bits per heavy atom. The lowest BCUT2D eigenvalue weighted by Gasteiger charge is -2.40. The van der Waals surface area contributed by atoms with E-state index >= 15 is 0 Å². The van der Waals surface area contributed by atoms with Crippen LogP contribution in [0.2, 0.25) is 38.3 Å². The van der Waals surface area contributed by atoms with Gasteiger partial charge in [0, 0.05) is 38.0 Å². The lowest BCUT2D eigenvalue weighted by molar-refractivity contribution is 1.10. The molecular formula is C48H41N3Si2. The Morgan fingerprint density at radius 2 is 0.660 bits per heavy atom. The predicted octanol–water partition coefficient (Wildman–Crippen LogP) is 11.8. The van der Waals surface area contributed by atoms with E-state index in [0.717, 1.165) is 0 Å². The SMILES string of the molecule is C[Si]1(C)CC[Si](C)(C)c2cc(-n3c4ccccc4c4cc(-n5c6ccccc6c6ccccc65)ccc43)c(-n3c4ccccc4c4ccccc43)cc21. The van der Waals surface area contributed by atoms with Crippen molar-refractivity contribution in [1.82, 2.24) is 13.7 Å². The van der Waals surface area contributed by atoms with Gasteiger partial charge in [0.1, 0.15) is 0 Å². The summed E-state index contributed by atoms with van der Waals surface area (Å²) in [7, 11) is -3.35. The highest BCUT2D eigenvalue weighted by Crippen LogP contribution is 2.41. The van der Waals surface area contributed by atoms with Crippen LogP contribution in [0.25, 0.3) is 82.5 Å². The molecule has 7 aromatic carbocycles. The second-order valence-electron chi connectivity index (χ2n) is 16.4. The number of hydrogen-bond acceptors (Lipinski definition) is 0. The molecule has 256 valence electrons. The van der Waals surface area contributed by atoms with Crippen LogP contribution < -0.4 is 10.4 Å². The molecule has 0 unspecified atom stereocenters. The molecule has 0 atom stereocenters. The van der Waals surface area contributed by atoms with Crippen LogP contribution in [0.3, 0.4) is 0 Å². The number of fused-ring (bicyclic) bond motifs is 10. The summed E-state index contributed by atoms with van der Waals surface area (Å²) in [6, 6.07) is 59.8. The third kappa shape index (κ3) is 4.32. The fraction of sp³-hybridized carbons (Fsp3) is 0.125. The Balaban J connectivity index is 1.27. The Hall–Kier alpha value is -5.63. The summed E-state index contributed by atoms with van der Waals surface area (Å²) in [6.45, 7) is 10.4. The van der Waals surface area contributed by atoms with Crippen molar-refractivity contribution in [2.75, 3.05) is 0 Å². The number of aromatic nitrogens is 3. The maximum Gasteiger partial charge on any atom is 0.0803 e. The number of para-hydroxylation sites is 5. The predicted molar refractivity (Wildman–Crippen MR) is 233 cm³/mol. The molecule has 0 bridgehead atoms. The van der Waals surface area contributed by atoms with Crippen LogP contribution >= 0.6 is 0 Å². The summed E-state index contributed by atoms with van der Waals surface area (Å²) >= 11 is 0. The maximum absolute atomic E-state index is 2.65. The lowest BCUT2D eigenvalue weighted by atomic mass is 10.1. The van der Waals surface area contributed by atoms with Crippen molar-refractivity contribution >= 4 is 91.9 Å². The summed E-state index contributed by atoms with van der Waals surface area (Å²) in [5.74, 6) is 0. The van der Waals surface area contributed by atoms with Crippen molar-refractivity contribution in [3.63, 3.8) is 0 Å². The van der Waals surface area contributed by atoms with Gasteiger partial charge in [-0.05, 0) is 60.7 Å². The smallest absolute Gasteiger partial charge is 0.0803 e. The molecule has 0 amide bonds. The molecule has 11 rings (SSSR count). The summed E-state index contributed by atoms with van der Waals surface area (Å²) in [4.78, 5) is 0. The van der Waals surface area contributed by atoms with Crippen molar-refractivity contribution < 1.29 is 0 Å². The Labute approximate surface area is 311 Å². The molecule has 1 aliphatic heterocycles. The van der Waals surface area contributed by atoms with E-state index in [1.165, 1.54) is 94.6 Å². The van der Waals surface area contributed by atoms with Crippen LogP contribution in [0.5, 0.6) is 0 Å². The molecular weight excluding hydrogens is 675 g/mol. The topological polar surface area (TPSA) is 14.8 Å². The van der Waals surface area contributed by atoms with Gasteiger partial charge in [0.2, 0.25) is 0 Å². The third-order valence-electron chi connectivity index (χ3n) is 12.5. The third-order valence-corrected chi connectivity index (χ3v) is 20.0. The van der Waals surface area contributed by atoms with E-state index in [9.17, 15) is 0 Å². The van der Waals surface area contributed by atoms with Gasteiger partial charge in [-0.3, -0.25) is 0 Å². The minimum Gasteiger partial charge on any atom is -0.309 e. The van der Waals surface area contributed by atoms with Crippen molar-refractivity contribution in [2.45, 2.75) is 38.3 Å². The number of nitrogens with zero attached hydrogens (tertiary/aromatic N) is 3. The van der Waals surface area contributed by atoms with Gasteiger partial charge in [0.25, 0.3) is 0 Å². The van der Waals surface area contributed by atoms with Crippen LogP contribution in [0.1, 0.15) is 0 Å². The van der Waals surface area contributed by atoms with E-state index in [1.807, 2.05) is 0 Å². The van der Waals surface area contributed by atoms with E-state index in [1.54, 1.807) is 10.4 Å². The molecule has 3 aromatic heterocycles. The molecule has 0 saturated carbocycles. The van der Waals surface area contributed by atoms with Crippen molar-refractivity contribution in [2.24, 2.45) is 0 Å². The van der Waals surface area contributed by atoms with Gasteiger partial charge in [0.05, 0.1) is 60.6 Å². The molecule has 0 fully saturated rings. The van der Waals surface area contributed by atoms with Gasteiger partial charge in [-0.1, -0.05) is 140 Å². The monoisotopic (exact) mass is 715 g/mol. The summed E-state index contributed by atoms with van der Waals surface area (Å²) in [5, 5.41) is 11.1. The van der Waals surface area contributed by atoms with Gasteiger partial charge in [0.15, 0.2) is 0 Å². The molecule has 10 aromatic rings. The van der Waals surface area contributed by atoms with Crippen LogP contribution in [0.15, 0.2) is 152 Å². The Morgan fingerprint density at radius 3 is 1.06 bits per heavy atom. The maximum atomic E-state index is 2.65. The average molecular weight is 716 g/mol. The fourth-order valence-corrected chi connectivity index (χ4v) is 19.9. The van der Waals surface area contributed by atoms with Gasteiger partial charge in [-0.15, -0.1) is 0 Å². The normalized spacial score (nSPS) is 15.3. The van der Waals surface area contributed by atoms with Crippen LogP contribution in [0.4, 0.5) is 0 Å². The first-order valence-corrected chi connectivity index (χ1v) is 25.4. The molecule has 0 spiro atoms. The van der Waals surface area contributed by atoms with Crippen LogP contribution in [-0.4, -0.2) is 29.8 Å². The average Bonchev–Trinajstić information content (AvgIpc) is 3.82. The van der Waals surface area contributed by atoms with Gasteiger partial charge in [-0.25, -0.2) is 0 Å². The van der Waals surface area contributed by atoms with E-state index in [4.69, 9.17) is 0 Å². The van der Waals surface area contributed by atoms with E-state index in [0.29, 0.717) is 0 Å². The molecule has 0 radical (unpaired) electrons. The number of hydrogen-bond donors (Lipinski definition) is 0. The fourth-order valence-electron chi connectivity index (χ4n) is 9.69. The second-order valence-corrected chi connectivity index (χ2v) is 26.1. The molecule has 0 aliphatic carbocycles. The highest BCUT2D eigenvalue weighted by Gasteiger charge is 2.41. The Kier molecular flexibility index (Phi) is 6.39. The zero-order chi connectivity index (χ0) is 35.6. The highest BCUT2D eigenvalue weighted by molar-refractivity contribution is 7.03. The number of rotatable bonds is 3. The molecule has 53 heavy (non-hydrogen) atoms. The first-order valence-electron chi connectivity index (χ1n) is 19.0. The first-order chi connectivity index (χ1) is 25.8. The second kappa shape index (κ2) is 11.0. The van der Waals surface area contributed by atoms with Gasteiger partial charge < -0.3 is 13.7 Å². The molecule has 4 heterocycles. The summed E-state index contributed by atoms with van der Waals surface area (Å²) in [5.41, 5.74) is 11.2. The molecule has 1 aliphatic rings. The molecule has 5 heteroatoms. The standard InChI is InChI=1S/C48H41N3Si2/c1-52(2)27-28-53(3,4)48-31-46(45(30-47(48)52)50-41-22-12-7-17-35(41)36-18-8-13-23-42(36)50)51-43-24-14-9-19-37(43)38-29-32(25-26-44(38)51)49-39-20-10-5-15-33(39)34-16-6-11-21-40(34)49/h5-26,29-31H,27-28H2,1-4H3. The van der Waals surface area contributed by atoms with E-state index in [-0.39, 0.29) is 0 Å². The largest absolute Gasteiger partial charge is 0.309 e.